The lowest BCUT2D eigenvalue weighted by Crippen LogP contribution is -2.20. The van der Waals surface area contributed by atoms with Crippen LogP contribution in [0.4, 0.5) is 0 Å². The number of carboxylic acids is 1. The standard InChI is InChI=1S/C14H17BrO3/c1-8(2)9-6-12(18-3)10(7-11(9)15)14(4-5-14)13(16)17/h6-8H,4-5H2,1-3H3,(H,16,17). The van der Waals surface area contributed by atoms with Gasteiger partial charge < -0.3 is 9.84 Å². The van der Waals surface area contributed by atoms with E-state index < -0.39 is 11.4 Å². The Morgan fingerprint density at radius 3 is 2.44 bits per heavy atom. The molecular weight excluding hydrogens is 296 g/mol. The molecule has 0 amide bonds. The van der Waals surface area contributed by atoms with E-state index in [1.165, 1.54) is 0 Å². The van der Waals surface area contributed by atoms with Crippen LogP contribution in [0.25, 0.3) is 0 Å². The quantitative estimate of drug-likeness (QED) is 0.922. The largest absolute Gasteiger partial charge is 0.496 e. The zero-order chi connectivity index (χ0) is 13.5. The maximum absolute atomic E-state index is 11.4. The van der Waals surface area contributed by atoms with E-state index in [9.17, 15) is 9.90 Å². The molecule has 0 aliphatic heterocycles. The zero-order valence-electron chi connectivity index (χ0n) is 10.8. The van der Waals surface area contributed by atoms with E-state index in [-0.39, 0.29) is 0 Å². The number of carbonyl (C=O) groups is 1. The molecule has 0 unspecified atom stereocenters. The predicted molar refractivity (Wildman–Crippen MR) is 73.3 cm³/mol. The first-order valence-corrected chi connectivity index (χ1v) is 6.83. The lowest BCUT2D eigenvalue weighted by atomic mass is 9.92. The van der Waals surface area contributed by atoms with E-state index in [0.29, 0.717) is 24.5 Å². The summed E-state index contributed by atoms with van der Waals surface area (Å²) in [7, 11) is 1.59. The van der Waals surface area contributed by atoms with Gasteiger partial charge in [-0.1, -0.05) is 29.8 Å². The van der Waals surface area contributed by atoms with Gasteiger partial charge in [-0.25, -0.2) is 0 Å². The van der Waals surface area contributed by atoms with Gasteiger partial charge in [0, 0.05) is 10.0 Å². The molecule has 1 aromatic carbocycles. The van der Waals surface area contributed by atoms with Crippen molar-refractivity contribution in [3.8, 4) is 5.75 Å². The summed E-state index contributed by atoms with van der Waals surface area (Å²) in [5.41, 5.74) is 1.19. The van der Waals surface area contributed by atoms with Gasteiger partial charge in [0.2, 0.25) is 0 Å². The second-order valence-electron chi connectivity index (χ2n) is 5.12. The molecule has 0 atom stereocenters. The van der Waals surface area contributed by atoms with Gasteiger partial charge in [-0.3, -0.25) is 4.79 Å². The number of rotatable bonds is 4. The summed E-state index contributed by atoms with van der Waals surface area (Å²) in [6, 6.07) is 3.86. The first kappa shape index (κ1) is 13.4. The SMILES string of the molecule is COc1cc(C(C)C)c(Br)cc1C1(C(=O)O)CC1. The van der Waals surface area contributed by atoms with Crippen LogP contribution in [0.1, 0.15) is 43.7 Å². The van der Waals surface area contributed by atoms with Crippen LogP contribution < -0.4 is 4.74 Å². The van der Waals surface area contributed by atoms with Crippen LogP contribution in [0, 0.1) is 0 Å². The van der Waals surface area contributed by atoms with Gasteiger partial charge >= 0.3 is 5.97 Å². The molecule has 1 aromatic rings. The molecule has 0 spiro atoms. The van der Waals surface area contributed by atoms with Crippen molar-refractivity contribution in [1.82, 2.24) is 0 Å². The Labute approximate surface area is 115 Å². The van der Waals surface area contributed by atoms with E-state index in [1.807, 2.05) is 12.1 Å². The number of benzene rings is 1. The molecule has 2 rings (SSSR count). The highest BCUT2D eigenvalue weighted by Gasteiger charge is 2.53. The predicted octanol–water partition coefficient (Wildman–Crippen LogP) is 3.70. The molecule has 1 aliphatic rings. The van der Waals surface area contributed by atoms with Gasteiger partial charge in [-0.2, -0.15) is 0 Å². The first-order valence-electron chi connectivity index (χ1n) is 6.03. The van der Waals surface area contributed by atoms with Crippen molar-refractivity contribution in [2.75, 3.05) is 7.11 Å². The Balaban J connectivity index is 2.56. The lowest BCUT2D eigenvalue weighted by molar-refractivity contribution is -0.140. The Morgan fingerprint density at radius 2 is 2.06 bits per heavy atom. The van der Waals surface area contributed by atoms with Gasteiger partial charge in [0.05, 0.1) is 12.5 Å². The molecule has 0 bridgehead atoms. The van der Waals surface area contributed by atoms with Gasteiger partial charge in [0.25, 0.3) is 0 Å². The van der Waals surface area contributed by atoms with Crippen molar-refractivity contribution in [3.63, 3.8) is 0 Å². The van der Waals surface area contributed by atoms with Crippen LogP contribution in [0.5, 0.6) is 5.75 Å². The van der Waals surface area contributed by atoms with Crippen LogP contribution in [-0.2, 0) is 10.2 Å². The molecule has 1 N–H and O–H groups in total. The van der Waals surface area contributed by atoms with Crippen LogP contribution in [0.15, 0.2) is 16.6 Å². The van der Waals surface area contributed by atoms with Crippen molar-refractivity contribution in [2.45, 2.75) is 38.0 Å². The number of methoxy groups -OCH3 is 1. The number of ether oxygens (including phenoxy) is 1. The third kappa shape index (κ3) is 2.03. The maximum Gasteiger partial charge on any atom is 0.314 e. The van der Waals surface area contributed by atoms with Gasteiger partial charge in [0.15, 0.2) is 0 Å². The van der Waals surface area contributed by atoms with Crippen LogP contribution in [0.3, 0.4) is 0 Å². The highest BCUT2D eigenvalue weighted by Crippen LogP contribution is 2.52. The smallest absolute Gasteiger partial charge is 0.314 e. The monoisotopic (exact) mass is 312 g/mol. The molecule has 3 nitrogen and oxygen atoms in total. The molecule has 18 heavy (non-hydrogen) atoms. The van der Waals surface area contributed by atoms with Crippen LogP contribution in [0.2, 0.25) is 0 Å². The topological polar surface area (TPSA) is 46.5 Å². The fourth-order valence-corrected chi connectivity index (χ4v) is 3.08. The maximum atomic E-state index is 11.4. The molecule has 4 heteroatoms. The zero-order valence-corrected chi connectivity index (χ0v) is 12.4. The summed E-state index contributed by atoms with van der Waals surface area (Å²) in [5.74, 6) is 0.286. The highest BCUT2D eigenvalue weighted by molar-refractivity contribution is 9.10. The van der Waals surface area contributed by atoms with Crippen LogP contribution >= 0.6 is 15.9 Å². The van der Waals surface area contributed by atoms with E-state index in [0.717, 1.165) is 15.6 Å². The van der Waals surface area contributed by atoms with Crippen molar-refractivity contribution < 1.29 is 14.6 Å². The molecule has 0 aromatic heterocycles. The van der Waals surface area contributed by atoms with Crippen molar-refractivity contribution in [2.24, 2.45) is 0 Å². The second-order valence-corrected chi connectivity index (χ2v) is 5.97. The molecule has 1 fully saturated rings. The Kier molecular flexibility index (Phi) is 3.41. The van der Waals surface area contributed by atoms with E-state index in [1.54, 1.807) is 7.11 Å². The fraction of sp³-hybridized carbons (Fsp3) is 0.500. The third-order valence-electron chi connectivity index (χ3n) is 3.62. The molecule has 1 aliphatic carbocycles. The van der Waals surface area contributed by atoms with Crippen molar-refractivity contribution in [3.05, 3.63) is 27.7 Å². The normalized spacial score (nSPS) is 16.7. The summed E-state index contributed by atoms with van der Waals surface area (Å²) in [6.07, 6.45) is 1.37. The Bertz CT molecular complexity index is 490. The summed E-state index contributed by atoms with van der Waals surface area (Å²) >= 11 is 3.53. The van der Waals surface area contributed by atoms with Gasteiger partial charge in [-0.15, -0.1) is 0 Å². The lowest BCUT2D eigenvalue weighted by Gasteiger charge is -2.18. The van der Waals surface area contributed by atoms with Crippen LogP contribution in [-0.4, -0.2) is 18.2 Å². The van der Waals surface area contributed by atoms with Crippen molar-refractivity contribution in [1.29, 1.82) is 0 Å². The molecular formula is C14H17BrO3. The summed E-state index contributed by atoms with van der Waals surface area (Å²) in [6.45, 7) is 4.20. The number of aliphatic carboxylic acids is 1. The first-order chi connectivity index (χ1) is 8.42. The summed E-state index contributed by atoms with van der Waals surface area (Å²) < 4.78 is 6.34. The third-order valence-corrected chi connectivity index (χ3v) is 4.30. The molecule has 1 saturated carbocycles. The number of halogens is 1. The highest BCUT2D eigenvalue weighted by atomic mass is 79.9. The minimum atomic E-state index is -0.759. The molecule has 0 heterocycles. The number of hydrogen-bond donors (Lipinski definition) is 1. The molecule has 0 saturated heterocycles. The average Bonchev–Trinajstić information content (AvgIpc) is 3.09. The Hall–Kier alpha value is -1.03. The Morgan fingerprint density at radius 1 is 1.44 bits per heavy atom. The minimum Gasteiger partial charge on any atom is -0.496 e. The van der Waals surface area contributed by atoms with Crippen molar-refractivity contribution >= 4 is 21.9 Å². The summed E-state index contributed by atoms with van der Waals surface area (Å²) in [4.78, 5) is 11.4. The average molecular weight is 313 g/mol. The van der Waals surface area contributed by atoms with Gasteiger partial charge in [-0.05, 0) is 36.5 Å². The fourth-order valence-electron chi connectivity index (χ4n) is 2.28. The summed E-state index contributed by atoms with van der Waals surface area (Å²) in [5, 5.41) is 9.38. The van der Waals surface area contributed by atoms with E-state index in [4.69, 9.17) is 4.74 Å². The number of hydrogen-bond acceptors (Lipinski definition) is 2. The minimum absolute atomic E-state index is 0.363. The van der Waals surface area contributed by atoms with E-state index in [2.05, 4.69) is 29.8 Å². The molecule has 0 radical (unpaired) electrons. The van der Waals surface area contributed by atoms with Gasteiger partial charge in [0.1, 0.15) is 5.75 Å². The molecule has 98 valence electrons. The number of carboxylic acid groups (broad SMARTS) is 1. The van der Waals surface area contributed by atoms with E-state index >= 15 is 0 Å². The second kappa shape index (κ2) is 4.57.